The molecule has 0 amide bonds. The highest BCUT2D eigenvalue weighted by atomic mass is 32.1. The normalized spacial score (nSPS) is 11.6. The highest BCUT2D eigenvalue weighted by Gasteiger charge is 2.15. The molecule has 3 heterocycles. The van der Waals surface area contributed by atoms with Gasteiger partial charge in [0.25, 0.3) is 5.56 Å². The van der Waals surface area contributed by atoms with Gasteiger partial charge in [0.05, 0.1) is 16.8 Å². The molecule has 3 rings (SSSR count). The summed E-state index contributed by atoms with van der Waals surface area (Å²) in [5, 5.41) is 4.44. The zero-order valence-electron chi connectivity index (χ0n) is 12.3. The molecule has 3 aromatic rings. The van der Waals surface area contributed by atoms with E-state index in [1.807, 2.05) is 17.4 Å². The van der Waals surface area contributed by atoms with Crippen LogP contribution in [0.4, 0.5) is 0 Å². The van der Waals surface area contributed by atoms with Crippen LogP contribution < -0.4 is 5.56 Å². The predicted molar refractivity (Wildman–Crippen MR) is 84.2 cm³/mol. The highest BCUT2D eigenvalue weighted by Crippen LogP contribution is 2.28. The lowest BCUT2D eigenvalue weighted by Gasteiger charge is -2.09. The lowest BCUT2D eigenvalue weighted by atomic mass is 10.3. The number of ketones is 1. The summed E-state index contributed by atoms with van der Waals surface area (Å²) < 4.78 is 4.47. The average Bonchev–Trinajstić information content (AvgIpc) is 2.94. The van der Waals surface area contributed by atoms with Gasteiger partial charge in [0.1, 0.15) is 17.1 Å². The molecule has 0 saturated heterocycles. The molecule has 110 valence electrons. The summed E-state index contributed by atoms with van der Waals surface area (Å²) in [4.78, 5) is 24.9. The van der Waals surface area contributed by atoms with Crippen LogP contribution in [0.5, 0.6) is 0 Å². The molecule has 5 nitrogen and oxygen atoms in total. The molecular formula is C15H17N3O2S. The Labute approximate surface area is 125 Å². The molecule has 0 N–H and O–H groups in total. The molecule has 0 aliphatic rings. The Bertz CT molecular complexity index is 901. The second kappa shape index (κ2) is 5.11. The molecule has 0 aliphatic carbocycles. The fourth-order valence-electron chi connectivity index (χ4n) is 2.56. The van der Waals surface area contributed by atoms with Crippen molar-refractivity contribution in [2.24, 2.45) is 0 Å². The van der Waals surface area contributed by atoms with E-state index in [-0.39, 0.29) is 11.3 Å². The van der Waals surface area contributed by atoms with Crippen molar-refractivity contribution in [2.75, 3.05) is 0 Å². The molecule has 3 aromatic heterocycles. The van der Waals surface area contributed by atoms with Crippen LogP contribution in [0.1, 0.15) is 31.0 Å². The lowest BCUT2D eigenvalue weighted by molar-refractivity contribution is -0.117. The number of fused-ring (bicyclic) bond motifs is 3. The van der Waals surface area contributed by atoms with Crippen LogP contribution >= 0.6 is 11.3 Å². The summed E-state index contributed by atoms with van der Waals surface area (Å²) in [6.07, 6.45) is 1.07. The smallest absolute Gasteiger partial charge is 0.291 e. The molecule has 0 aromatic carbocycles. The number of thiophene rings is 1. The number of hydrogen-bond acceptors (Lipinski definition) is 4. The highest BCUT2D eigenvalue weighted by molar-refractivity contribution is 7.19. The van der Waals surface area contributed by atoms with E-state index in [0.717, 1.165) is 22.5 Å². The van der Waals surface area contributed by atoms with E-state index >= 15 is 0 Å². The van der Waals surface area contributed by atoms with E-state index in [1.54, 1.807) is 11.3 Å². The molecular weight excluding hydrogens is 286 g/mol. The summed E-state index contributed by atoms with van der Waals surface area (Å²) in [5.74, 6) is 0.912. The molecule has 21 heavy (non-hydrogen) atoms. The number of aryl methyl sites for hydroxylation is 3. The number of rotatable bonds is 4. The molecule has 0 bridgehead atoms. The van der Waals surface area contributed by atoms with Crippen molar-refractivity contribution in [3.8, 4) is 0 Å². The van der Waals surface area contributed by atoms with Crippen LogP contribution in [-0.2, 0) is 17.8 Å². The fraction of sp³-hybridized carbons (Fsp3) is 0.400. The van der Waals surface area contributed by atoms with E-state index in [0.29, 0.717) is 18.5 Å². The summed E-state index contributed by atoms with van der Waals surface area (Å²) in [6, 6.07) is 4.02. The molecule has 0 atom stereocenters. The van der Waals surface area contributed by atoms with Crippen molar-refractivity contribution in [3.63, 3.8) is 0 Å². The van der Waals surface area contributed by atoms with Gasteiger partial charge in [0.15, 0.2) is 0 Å². The van der Waals surface area contributed by atoms with E-state index in [9.17, 15) is 9.59 Å². The predicted octanol–water partition coefficient (Wildman–Crippen LogP) is 2.56. The molecule has 0 radical (unpaired) electrons. The fourth-order valence-corrected chi connectivity index (χ4v) is 3.50. The maximum atomic E-state index is 12.5. The Kier molecular flexibility index (Phi) is 3.41. The summed E-state index contributed by atoms with van der Waals surface area (Å²) in [6.45, 7) is 5.95. The second-order valence-corrected chi connectivity index (χ2v) is 6.51. The standard InChI is InChI=1S/C15H17N3O2S/c1-4-14-16-17(6-5-9(2)19)15(20)12-8-13-11(18(12)14)7-10(3)21-13/h7-8H,4-6H2,1-3H3. The van der Waals surface area contributed by atoms with Gasteiger partial charge in [-0.05, 0) is 26.0 Å². The van der Waals surface area contributed by atoms with E-state index in [1.165, 1.54) is 16.5 Å². The number of hydrogen-bond donors (Lipinski definition) is 0. The molecule has 0 saturated carbocycles. The largest absolute Gasteiger partial charge is 0.300 e. The van der Waals surface area contributed by atoms with Gasteiger partial charge in [-0.15, -0.1) is 11.3 Å². The molecule has 0 spiro atoms. The van der Waals surface area contributed by atoms with Crippen molar-refractivity contribution in [3.05, 3.63) is 33.2 Å². The maximum Gasteiger partial charge on any atom is 0.291 e. The van der Waals surface area contributed by atoms with Crippen molar-refractivity contribution in [1.29, 1.82) is 0 Å². The second-order valence-electron chi connectivity index (χ2n) is 5.22. The van der Waals surface area contributed by atoms with Gasteiger partial charge in [-0.1, -0.05) is 6.92 Å². The van der Waals surface area contributed by atoms with Gasteiger partial charge in [0, 0.05) is 17.7 Å². The molecule has 0 aliphatic heterocycles. The Morgan fingerprint density at radius 3 is 2.76 bits per heavy atom. The van der Waals surface area contributed by atoms with Crippen LogP contribution in [0.25, 0.3) is 15.7 Å². The zero-order chi connectivity index (χ0) is 15.1. The van der Waals surface area contributed by atoms with Crippen LogP contribution in [0, 0.1) is 6.92 Å². The maximum absolute atomic E-state index is 12.5. The Balaban J connectivity index is 2.27. The summed E-state index contributed by atoms with van der Waals surface area (Å²) >= 11 is 1.68. The SMILES string of the molecule is CCc1nn(CCC(C)=O)c(=O)c2cc3sc(C)cc3n12. The first-order chi connectivity index (χ1) is 10.0. The quantitative estimate of drug-likeness (QED) is 0.744. The molecule has 6 heteroatoms. The van der Waals surface area contributed by atoms with Crippen molar-refractivity contribution in [1.82, 2.24) is 14.2 Å². The van der Waals surface area contributed by atoms with Gasteiger partial charge in [0.2, 0.25) is 0 Å². The lowest BCUT2D eigenvalue weighted by Crippen LogP contribution is -2.27. The zero-order valence-corrected chi connectivity index (χ0v) is 13.2. The van der Waals surface area contributed by atoms with Crippen molar-refractivity contribution < 1.29 is 4.79 Å². The third-order valence-electron chi connectivity index (χ3n) is 3.55. The number of carbonyl (C=O) groups is 1. The Morgan fingerprint density at radius 2 is 2.10 bits per heavy atom. The minimum Gasteiger partial charge on any atom is -0.300 e. The third kappa shape index (κ3) is 2.29. The molecule has 0 fully saturated rings. The number of aromatic nitrogens is 3. The number of Topliss-reactive ketones (excluding diaryl/α,β-unsaturated/α-hetero) is 1. The van der Waals surface area contributed by atoms with E-state index in [2.05, 4.69) is 18.1 Å². The topological polar surface area (TPSA) is 56.4 Å². The van der Waals surface area contributed by atoms with Crippen molar-refractivity contribution in [2.45, 2.75) is 40.2 Å². The first kappa shape index (κ1) is 14.0. The van der Waals surface area contributed by atoms with Crippen LogP contribution in [0.15, 0.2) is 16.9 Å². The number of nitrogens with zero attached hydrogens (tertiary/aromatic N) is 3. The molecule has 0 unspecified atom stereocenters. The number of carbonyl (C=O) groups excluding carboxylic acids is 1. The third-order valence-corrected chi connectivity index (χ3v) is 4.54. The van der Waals surface area contributed by atoms with Gasteiger partial charge < -0.3 is 0 Å². The summed E-state index contributed by atoms with van der Waals surface area (Å²) in [7, 11) is 0. The van der Waals surface area contributed by atoms with Crippen LogP contribution in [0.3, 0.4) is 0 Å². The van der Waals surface area contributed by atoms with Gasteiger partial charge in [-0.3, -0.25) is 14.0 Å². The van der Waals surface area contributed by atoms with Crippen LogP contribution in [0.2, 0.25) is 0 Å². The average molecular weight is 303 g/mol. The minimum absolute atomic E-state index is 0.0635. The van der Waals surface area contributed by atoms with Gasteiger partial charge >= 0.3 is 0 Å². The minimum atomic E-state index is -0.130. The first-order valence-electron chi connectivity index (χ1n) is 7.02. The Hall–Kier alpha value is -1.95. The van der Waals surface area contributed by atoms with Crippen molar-refractivity contribution >= 4 is 32.9 Å². The monoisotopic (exact) mass is 303 g/mol. The first-order valence-corrected chi connectivity index (χ1v) is 7.84. The Morgan fingerprint density at radius 1 is 1.33 bits per heavy atom. The summed E-state index contributed by atoms with van der Waals surface area (Å²) in [5.41, 5.74) is 1.56. The van der Waals surface area contributed by atoms with Crippen LogP contribution in [-0.4, -0.2) is 20.0 Å². The van der Waals surface area contributed by atoms with Gasteiger partial charge in [-0.2, -0.15) is 5.10 Å². The van der Waals surface area contributed by atoms with E-state index < -0.39 is 0 Å². The van der Waals surface area contributed by atoms with E-state index in [4.69, 9.17) is 0 Å². The van der Waals surface area contributed by atoms with Gasteiger partial charge in [-0.25, -0.2) is 4.68 Å².